The van der Waals surface area contributed by atoms with E-state index in [2.05, 4.69) is 10.4 Å². The van der Waals surface area contributed by atoms with E-state index in [4.69, 9.17) is 21.1 Å². The van der Waals surface area contributed by atoms with Crippen molar-refractivity contribution in [2.45, 2.75) is 6.54 Å². The van der Waals surface area contributed by atoms with Crippen LogP contribution in [0.25, 0.3) is 0 Å². The molecule has 6 nitrogen and oxygen atoms in total. The Balaban J connectivity index is 1.79. The quantitative estimate of drug-likeness (QED) is 0.692. The Morgan fingerprint density at radius 2 is 2.00 bits per heavy atom. The van der Waals surface area contributed by atoms with Crippen LogP contribution in [0.15, 0.2) is 48.7 Å². The van der Waals surface area contributed by atoms with Crippen molar-refractivity contribution < 1.29 is 18.7 Å². The second-order valence-electron chi connectivity index (χ2n) is 5.63. The highest BCUT2D eigenvalue weighted by Crippen LogP contribution is 2.27. The van der Waals surface area contributed by atoms with Gasteiger partial charge in [-0.2, -0.15) is 5.10 Å². The molecule has 0 aliphatic heterocycles. The molecule has 1 heterocycles. The SMILES string of the molecule is COc1ccc(C(=O)Nc2nn(Cc3ccccc3F)cc2Cl)c(OC)c1. The summed E-state index contributed by atoms with van der Waals surface area (Å²) in [5.41, 5.74) is 0.768. The first-order chi connectivity index (χ1) is 13.0. The molecule has 0 unspecified atom stereocenters. The summed E-state index contributed by atoms with van der Waals surface area (Å²) in [5, 5.41) is 7.11. The molecule has 0 aliphatic rings. The van der Waals surface area contributed by atoms with Crippen LogP contribution in [0, 0.1) is 5.82 Å². The molecule has 0 radical (unpaired) electrons. The van der Waals surface area contributed by atoms with Crippen molar-refractivity contribution in [2.75, 3.05) is 19.5 Å². The number of nitrogens with zero attached hydrogens (tertiary/aromatic N) is 2. The zero-order chi connectivity index (χ0) is 19.4. The van der Waals surface area contributed by atoms with Crippen molar-refractivity contribution in [2.24, 2.45) is 0 Å². The summed E-state index contributed by atoms with van der Waals surface area (Å²) in [7, 11) is 2.98. The predicted octanol–water partition coefficient (Wildman–Crippen LogP) is 3.99. The number of anilines is 1. The largest absolute Gasteiger partial charge is 0.497 e. The van der Waals surface area contributed by atoms with E-state index in [-0.39, 0.29) is 23.2 Å². The molecule has 3 aromatic rings. The number of ether oxygens (including phenoxy) is 2. The fourth-order valence-electron chi connectivity index (χ4n) is 2.52. The minimum absolute atomic E-state index is 0.177. The molecule has 0 fully saturated rings. The summed E-state index contributed by atoms with van der Waals surface area (Å²) in [4.78, 5) is 12.6. The highest BCUT2D eigenvalue weighted by atomic mass is 35.5. The van der Waals surface area contributed by atoms with Crippen molar-refractivity contribution in [3.05, 3.63) is 70.6 Å². The number of methoxy groups -OCH3 is 2. The van der Waals surface area contributed by atoms with Crippen LogP contribution in [-0.4, -0.2) is 29.9 Å². The van der Waals surface area contributed by atoms with Gasteiger partial charge in [0, 0.05) is 17.8 Å². The van der Waals surface area contributed by atoms with Gasteiger partial charge in [-0.05, 0) is 18.2 Å². The summed E-state index contributed by atoms with van der Waals surface area (Å²) in [6.45, 7) is 0.189. The second-order valence-corrected chi connectivity index (χ2v) is 6.04. The van der Waals surface area contributed by atoms with Gasteiger partial charge in [0.15, 0.2) is 5.82 Å². The van der Waals surface area contributed by atoms with Gasteiger partial charge in [0.25, 0.3) is 5.91 Å². The lowest BCUT2D eigenvalue weighted by atomic mass is 10.1. The lowest BCUT2D eigenvalue weighted by Gasteiger charge is -2.10. The molecule has 0 saturated heterocycles. The minimum Gasteiger partial charge on any atom is -0.497 e. The molecule has 140 valence electrons. The van der Waals surface area contributed by atoms with Gasteiger partial charge < -0.3 is 14.8 Å². The van der Waals surface area contributed by atoms with Crippen LogP contribution in [0.3, 0.4) is 0 Å². The summed E-state index contributed by atoms with van der Waals surface area (Å²) in [6, 6.07) is 11.2. The third-order valence-corrected chi connectivity index (χ3v) is 4.17. The molecule has 0 saturated carbocycles. The van der Waals surface area contributed by atoms with Crippen LogP contribution in [0.5, 0.6) is 11.5 Å². The van der Waals surface area contributed by atoms with Crippen molar-refractivity contribution in [1.29, 1.82) is 0 Å². The zero-order valence-electron chi connectivity index (χ0n) is 14.7. The average Bonchev–Trinajstić information content (AvgIpc) is 3.01. The maximum Gasteiger partial charge on any atom is 0.260 e. The van der Waals surface area contributed by atoms with Crippen molar-refractivity contribution in [3.8, 4) is 11.5 Å². The Bertz CT molecular complexity index is 975. The van der Waals surface area contributed by atoms with Crippen LogP contribution in [-0.2, 0) is 6.54 Å². The highest BCUT2D eigenvalue weighted by molar-refractivity contribution is 6.33. The highest BCUT2D eigenvalue weighted by Gasteiger charge is 2.17. The van der Waals surface area contributed by atoms with E-state index in [9.17, 15) is 9.18 Å². The molecular formula is C19H17ClFN3O3. The van der Waals surface area contributed by atoms with E-state index in [1.165, 1.54) is 31.2 Å². The molecule has 0 aliphatic carbocycles. The fourth-order valence-corrected chi connectivity index (χ4v) is 2.72. The monoisotopic (exact) mass is 389 g/mol. The number of rotatable bonds is 6. The normalized spacial score (nSPS) is 10.5. The van der Waals surface area contributed by atoms with Crippen LogP contribution >= 0.6 is 11.6 Å². The van der Waals surface area contributed by atoms with E-state index >= 15 is 0 Å². The summed E-state index contributed by atoms with van der Waals surface area (Å²) < 4.78 is 25.6. The van der Waals surface area contributed by atoms with Gasteiger partial charge in [-0.3, -0.25) is 9.48 Å². The van der Waals surface area contributed by atoms with Gasteiger partial charge in [-0.1, -0.05) is 29.8 Å². The number of aromatic nitrogens is 2. The molecule has 1 N–H and O–H groups in total. The van der Waals surface area contributed by atoms with Gasteiger partial charge >= 0.3 is 0 Å². The predicted molar refractivity (Wildman–Crippen MR) is 100 cm³/mol. The molecule has 2 aromatic carbocycles. The number of benzene rings is 2. The molecule has 27 heavy (non-hydrogen) atoms. The average molecular weight is 390 g/mol. The van der Waals surface area contributed by atoms with E-state index in [0.29, 0.717) is 22.6 Å². The maximum absolute atomic E-state index is 13.8. The molecule has 1 aromatic heterocycles. The van der Waals surface area contributed by atoms with Gasteiger partial charge in [0.1, 0.15) is 22.3 Å². The minimum atomic E-state index is -0.437. The molecule has 1 amide bonds. The first-order valence-electron chi connectivity index (χ1n) is 8.01. The molecular weight excluding hydrogens is 373 g/mol. The number of nitrogens with one attached hydrogen (secondary N) is 1. The number of hydrogen-bond donors (Lipinski definition) is 1. The molecule has 0 bridgehead atoms. The number of amides is 1. The first-order valence-corrected chi connectivity index (χ1v) is 8.39. The Morgan fingerprint density at radius 1 is 1.22 bits per heavy atom. The van der Waals surface area contributed by atoms with Crippen LogP contribution < -0.4 is 14.8 Å². The Labute approximate surface area is 160 Å². The summed E-state index contributed by atoms with van der Waals surface area (Å²) in [6.07, 6.45) is 1.52. The van der Waals surface area contributed by atoms with Crippen molar-refractivity contribution in [1.82, 2.24) is 9.78 Å². The smallest absolute Gasteiger partial charge is 0.260 e. The van der Waals surface area contributed by atoms with Crippen LogP contribution in [0.4, 0.5) is 10.2 Å². The third kappa shape index (κ3) is 4.20. The van der Waals surface area contributed by atoms with Crippen molar-refractivity contribution >= 4 is 23.3 Å². The van der Waals surface area contributed by atoms with E-state index < -0.39 is 5.91 Å². The number of carbonyl (C=O) groups is 1. The molecule has 8 heteroatoms. The number of carbonyl (C=O) groups excluding carboxylic acids is 1. The molecule has 0 atom stereocenters. The fraction of sp³-hybridized carbons (Fsp3) is 0.158. The van der Waals surface area contributed by atoms with Crippen LogP contribution in [0.2, 0.25) is 5.02 Å². The number of halogens is 2. The topological polar surface area (TPSA) is 65.4 Å². The molecule has 0 spiro atoms. The molecule has 3 rings (SSSR count). The third-order valence-electron chi connectivity index (χ3n) is 3.89. The zero-order valence-corrected chi connectivity index (χ0v) is 15.5. The van der Waals surface area contributed by atoms with Gasteiger partial charge in [0.2, 0.25) is 0 Å². The van der Waals surface area contributed by atoms with E-state index in [0.717, 1.165) is 0 Å². The lowest BCUT2D eigenvalue weighted by molar-refractivity contribution is 0.102. The summed E-state index contributed by atoms with van der Waals surface area (Å²) in [5.74, 6) is 0.324. The maximum atomic E-state index is 13.8. The second kappa shape index (κ2) is 8.09. The number of hydrogen-bond acceptors (Lipinski definition) is 4. The standard InChI is InChI=1S/C19H17ClFN3O3/c1-26-13-7-8-14(17(9-13)27-2)19(25)22-18-15(20)11-24(23-18)10-12-5-3-4-6-16(12)21/h3-9,11H,10H2,1-2H3,(H,22,23,25). The van der Waals surface area contributed by atoms with Crippen molar-refractivity contribution in [3.63, 3.8) is 0 Å². The Kier molecular flexibility index (Phi) is 5.61. The van der Waals surface area contributed by atoms with Gasteiger partial charge in [-0.25, -0.2) is 4.39 Å². The lowest BCUT2D eigenvalue weighted by Crippen LogP contribution is -2.14. The van der Waals surface area contributed by atoms with Gasteiger partial charge in [0.05, 0.1) is 26.3 Å². The van der Waals surface area contributed by atoms with Gasteiger partial charge in [-0.15, -0.1) is 0 Å². The van der Waals surface area contributed by atoms with E-state index in [1.54, 1.807) is 36.4 Å². The van der Waals surface area contributed by atoms with E-state index in [1.807, 2.05) is 0 Å². The van der Waals surface area contributed by atoms with Crippen LogP contribution in [0.1, 0.15) is 15.9 Å². The summed E-state index contributed by atoms with van der Waals surface area (Å²) >= 11 is 6.16. The first kappa shape index (κ1) is 18.7. The Hall–Kier alpha value is -3.06. The Morgan fingerprint density at radius 3 is 2.70 bits per heavy atom.